The first-order valence-corrected chi connectivity index (χ1v) is 5.60. The van der Waals surface area contributed by atoms with Crippen LogP contribution in [0, 0.1) is 5.41 Å². The van der Waals surface area contributed by atoms with Gasteiger partial charge in [0, 0.05) is 19.6 Å². The zero-order chi connectivity index (χ0) is 12.2. The summed E-state index contributed by atoms with van der Waals surface area (Å²) < 4.78 is 1.73. The molecule has 0 radical (unpaired) electrons. The highest BCUT2D eigenvalue weighted by atomic mass is 16.3. The van der Waals surface area contributed by atoms with E-state index in [4.69, 9.17) is 0 Å². The van der Waals surface area contributed by atoms with Gasteiger partial charge in [-0.2, -0.15) is 0 Å². The molecule has 0 aromatic carbocycles. The fraction of sp³-hybridized carbons (Fsp3) is 0.818. The summed E-state index contributed by atoms with van der Waals surface area (Å²) >= 11 is 0. The molecule has 92 valence electrons. The molecule has 0 aliphatic carbocycles. The zero-order valence-corrected chi connectivity index (χ0v) is 10.6. The SMILES string of the molecule is Cn1nncc1CNC(CO)CC(C)(C)C. The largest absolute Gasteiger partial charge is 0.395 e. The summed E-state index contributed by atoms with van der Waals surface area (Å²) in [5.41, 5.74) is 1.23. The molecule has 5 heteroatoms. The molecule has 16 heavy (non-hydrogen) atoms. The number of aryl methyl sites for hydroxylation is 1. The van der Waals surface area contributed by atoms with E-state index in [0.29, 0.717) is 6.54 Å². The van der Waals surface area contributed by atoms with Crippen molar-refractivity contribution in [3.63, 3.8) is 0 Å². The van der Waals surface area contributed by atoms with Gasteiger partial charge in [-0.3, -0.25) is 4.68 Å². The molecule has 0 amide bonds. The summed E-state index contributed by atoms with van der Waals surface area (Å²) in [5.74, 6) is 0. The molecule has 0 spiro atoms. The third kappa shape index (κ3) is 4.28. The average Bonchev–Trinajstić information content (AvgIpc) is 2.57. The Labute approximate surface area is 96.9 Å². The molecular weight excluding hydrogens is 204 g/mol. The topological polar surface area (TPSA) is 63.0 Å². The number of aromatic nitrogens is 3. The first-order valence-electron chi connectivity index (χ1n) is 5.60. The van der Waals surface area contributed by atoms with Crippen LogP contribution in [0.5, 0.6) is 0 Å². The molecule has 2 N–H and O–H groups in total. The van der Waals surface area contributed by atoms with Crippen LogP contribution in [0.15, 0.2) is 6.20 Å². The van der Waals surface area contributed by atoms with E-state index in [1.165, 1.54) is 0 Å². The van der Waals surface area contributed by atoms with Gasteiger partial charge in [0.1, 0.15) is 0 Å². The van der Waals surface area contributed by atoms with E-state index in [9.17, 15) is 5.11 Å². The third-order valence-electron chi connectivity index (χ3n) is 2.46. The second-order valence-electron chi connectivity index (χ2n) is 5.37. The predicted octanol–water partition coefficient (Wildman–Crippen LogP) is 0.702. The van der Waals surface area contributed by atoms with Crippen molar-refractivity contribution < 1.29 is 5.11 Å². The van der Waals surface area contributed by atoms with Crippen LogP contribution in [0.1, 0.15) is 32.9 Å². The molecule has 0 aliphatic rings. The van der Waals surface area contributed by atoms with Crippen LogP contribution >= 0.6 is 0 Å². The van der Waals surface area contributed by atoms with E-state index < -0.39 is 0 Å². The second-order valence-corrected chi connectivity index (χ2v) is 5.37. The highest BCUT2D eigenvalue weighted by Gasteiger charge is 2.17. The number of rotatable bonds is 5. The monoisotopic (exact) mass is 226 g/mol. The number of nitrogens with one attached hydrogen (secondary N) is 1. The first kappa shape index (κ1) is 13.1. The Morgan fingerprint density at radius 1 is 1.50 bits per heavy atom. The number of hydrogen-bond acceptors (Lipinski definition) is 4. The maximum atomic E-state index is 9.29. The first-order chi connectivity index (χ1) is 7.42. The molecular formula is C11H22N4O. The van der Waals surface area contributed by atoms with Crippen molar-refractivity contribution in [2.45, 2.75) is 39.8 Å². The van der Waals surface area contributed by atoms with Gasteiger partial charge in [0.2, 0.25) is 0 Å². The second kappa shape index (κ2) is 5.41. The number of nitrogens with zero attached hydrogens (tertiary/aromatic N) is 3. The van der Waals surface area contributed by atoms with Crippen molar-refractivity contribution >= 4 is 0 Å². The number of aliphatic hydroxyl groups excluding tert-OH is 1. The molecule has 1 heterocycles. The quantitative estimate of drug-likeness (QED) is 0.776. The maximum absolute atomic E-state index is 9.29. The Bertz CT molecular complexity index is 316. The van der Waals surface area contributed by atoms with Crippen LogP contribution in [0.3, 0.4) is 0 Å². The minimum absolute atomic E-state index is 0.120. The summed E-state index contributed by atoms with van der Waals surface area (Å²) in [6.07, 6.45) is 2.67. The van der Waals surface area contributed by atoms with Crippen molar-refractivity contribution in [1.82, 2.24) is 20.3 Å². The lowest BCUT2D eigenvalue weighted by atomic mass is 9.88. The summed E-state index contributed by atoms with van der Waals surface area (Å²) in [6, 6.07) is 0.120. The van der Waals surface area contributed by atoms with Gasteiger partial charge in [0.05, 0.1) is 18.5 Å². The van der Waals surface area contributed by atoms with E-state index in [0.717, 1.165) is 12.1 Å². The zero-order valence-electron chi connectivity index (χ0n) is 10.6. The van der Waals surface area contributed by atoms with E-state index in [1.54, 1.807) is 10.9 Å². The van der Waals surface area contributed by atoms with Gasteiger partial charge in [0.15, 0.2) is 0 Å². The van der Waals surface area contributed by atoms with Crippen LogP contribution in [0.25, 0.3) is 0 Å². The minimum atomic E-state index is 0.120. The lowest BCUT2D eigenvalue weighted by molar-refractivity contribution is 0.197. The molecule has 5 nitrogen and oxygen atoms in total. The van der Waals surface area contributed by atoms with Crippen molar-refractivity contribution in [2.24, 2.45) is 12.5 Å². The van der Waals surface area contributed by atoms with Gasteiger partial charge in [-0.25, -0.2) is 0 Å². The maximum Gasteiger partial charge on any atom is 0.0738 e. The van der Waals surface area contributed by atoms with Crippen molar-refractivity contribution in [1.29, 1.82) is 0 Å². The van der Waals surface area contributed by atoms with E-state index in [2.05, 4.69) is 36.4 Å². The van der Waals surface area contributed by atoms with Gasteiger partial charge in [-0.15, -0.1) is 5.10 Å². The minimum Gasteiger partial charge on any atom is -0.395 e. The van der Waals surface area contributed by atoms with E-state index >= 15 is 0 Å². The normalized spacial score (nSPS) is 14.1. The van der Waals surface area contributed by atoms with Gasteiger partial charge >= 0.3 is 0 Å². The van der Waals surface area contributed by atoms with Gasteiger partial charge < -0.3 is 10.4 Å². The van der Waals surface area contributed by atoms with Crippen LogP contribution in [-0.4, -0.2) is 32.7 Å². The number of aliphatic hydroxyl groups is 1. The highest BCUT2D eigenvalue weighted by Crippen LogP contribution is 2.20. The highest BCUT2D eigenvalue weighted by molar-refractivity contribution is 4.93. The summed E-state index contributed by atoms with van der Waals surface area (Å²) in [4.78, 5) is 0. The summed E-state index contributed by atoms with van der Waals surface area (Å²) in [7, 11) is 1.86. The fourth-order valence-corrected chi connectivity index (χ4v) is 1.66. The van der Waals surface area contributed by atoms with E-state index in [-0.39, 0.29) is 18.1 Å². The molecule has 0 saturated heterocycles. The summed E-state index contributed by atoms with van der Waals surface area (Å²) in [6.45, 7) is 7.35. The van der Waals surface area contributed by atoms with Crippen LogP contribution in [0.4, 0.5) is 0 Å². The Morgan fingerprint density at radius 2 is 2.19 bits per heavy atom. The van der Waals surface area contributed by atoms with Crippen molar-refractivity contribution in [2.75, 3.05) is 6.61 Å². The standard InChI is InChI=1S/C11H22N4O/c1-11(2,3)5-9(8-16)12-6-10-7-13-14-15(10)4/h7,9,12,16H,5-6,8H2,1-4H3. The smallest absolute Gasteiger partial charge is 0.0738 e. The Hall–Kier alpha value is -0.940. The molecule has 1 aromatic heterocycles. The van der Waals surface area contributed by atoms with Crippen LogP contribution in [0.2, 0.25) is 0 Å². The lowest BCUT2D eigenvalue weighted by Crippen LogP contribution is -2.36. The van der Waals surface area contributed by atoms with Crippen molar-refractivity contribution in [3.05, 3.63) is 11.9 Å². The summed E-state index contributed by atoms with van der Waals surface area (Å²) in [5, 5.41) is 20.3. The van der Waals surface area contributed by atoms with E-state index in [1.807, 2.05) is 7.05 Å². The fourth-order valence-electron chi connectivity index (χ4n) is 1.66. The Kier molecular flexibility index (Phi) is 4.44. The van der Waals surface area contributed by atoms with Crippen molar-refractivity contribution in [3.8, 4) is 0 Å². The van der Waals surface area contributed by atoms with Crippen LogP contribution in [-0.2, 0) is 13.6 Å². The van der Waals surface area contributed by atoms with Gasteiger partial charge in [-0.1, -0.05) is 26.0 Å². The average molecular weight is 226 g/mol. The molecule has 0 aliphatic heterocycles. The Morgan fingerprint density at radius 3 is 2.62 bits per heavy atom. The van der Waals surface area contributed by atoms with Gasteiger partial charge in [-0.05, 0) is 11.8 Å². The third-order valence-corrected chi connectivity index (χ3v) is 2.46. The lowest BCUT2D eigenvalue weighted by Gasteiger charge is -2.25. The van der Waals surface area contributed by atoms with Gasteiger partial charge in [0.25, 0.3) is 0 Å². The molecule has 0 saturated carbocycles. The molecule has 1 aromatic rings. The molecule has 0 fully saturated rings. The molecule has 1 rings (SSSR count). The van der Waals surface area contributed by atoms with Crippen LogP contribution < -0.4 is 5.32 Å². The predicted molar refractivity (Wildman–Crippen MR) is 62.8 cm³/mol. The molecule has 1 atom stereocenters. The number of hydrogen-bond donors (Lipinski definition) is 2. The molecule has 1 unspecified atom stereocenters. The molecule has 0 bridgehead atoms. The Balaban J connectivity index is 2.43.